The van der Waals surface area contributed by atoms with Gasteiger partial charge in [-0.1, -0.05) is 26.2 Å². The van der Waals surface area contributed by atoms with Crippen LogP contribution < -0.4 is 0 Å². The summed E-state index contributed by atoms with van der Waals surface area (Å²) in [7, 11) is 0. The molecule has 0 bridgehead atoms. The molecular formula is C19H23F2NO2. The Morgan fingerprint density at radius 3 is 2.12 bits per heavy atom. The second kappa shape index (κ2) is 7.58. The Hall–Kier alpha value is -1.51. The van der Waals surface area contributed by atoms with Crippen LogP contribution in [0.2, 0.25) is 0 Å². The van der Waals surface area contributed by atoms with Crippen LogP contribution in [0, 0.1) is 40.7 Å². The molecule has 1 aliphatic heterocycles. The normalized spacial score (nSPS) is 30.8. The molecule has 1 saturated heterocycles. The molecule has 0 amide bonds. The summed E-state index contributed by atoms with van der Waals surface area (Å²) >= 11 is 0. The summed E-state index contributed by atoms with van der Waals surface area (Å²) in [6.45, 7) is 3.35. The van der Waals surface area contributed by atoms with E-state index in [1.165, 1.54) is 38.2 Å². The summed E-state index contributed by atoms with van der Waals surface area (Å²) in [5, 5.41) is 8.72. The zero-order valence-electron chi connectivity index (χ0n) is 13.9. The van der Waals surface area contributed by atoms with Gasteiger partial charge in [-0.15, -0.1) is 0 Å². The Balaban J connectivity index is 1.59. The Morgan fingerprint density at radius 1 is 1.04 bits per heavy atom. The Morgan fingerprint density at radius 2 is 1.62 bits per heavy atom. The highest BCUT2D eigenvalue weighted by atomic mass is 19.1. The van der Waals surface area contributed by atoms with Gasteiger partial charge in [-0.25, -0.2) is 8.78 Å². The van der Waals surface area contributed by atoms with Gasteiger partial charge >= 0.3 is 0 Å². The average Bonchev–Trinajstić information content (AvgIpc) is 2.62. The van der Waals surface area contributed by atoms with Gasteiger partial charge in [0.2, 0.25) is 0 Å². The van der Waals surface area contributed by atoms with E-state index in [9.17, 15) is 8.78 Å². The second-order valence-electron chi connectivity index (χ2n) is 6.92. The smallest absolute Gasteiger partial charge is 0.184 e. The van der Waals surface area contributed by atoms with Crippen molar-refractivity contribution in [3.05, 3.63) is 34.9 Å². The molecule has 0 radical (unpaired) electrons. The van der Waals surface area contributed by atoms with Gasteiger partial charge in [-0.05, 0) is 36.8 Å². The van der Waals surface area contributed by atoms with Crippen molar-refractivity contribution in [2.45, 2.75) is 45.3 Å². The highest BCUT2D eigenvalue weighted by Crippen LogP contribution is 2.38. The largest absolute Gasteiger partial charge is 0.348 e. The van der Waals surface area contributed by atoms with Gasteiger partial charge in [-0.2, -0.15) is 5.26 Å². The third-order valence-corrected chi connectivity index (χ3v) is 5.51. The van der Waals surface area contributed by atoms with Gasteiger partial charge in [0.05, 0.1) is 13.2 Å². The quantitative estimate of drug-likeness (QED) is 0.803. The van der Waals surface area contributed by atoms with Crippen LogP contribution in [0.5, 0.6) is 0 Å². The fourth-order valence-corrected chi connectivity index (χ4v) is 3.89. The molecule has 0 unspecified atom stereocenters. The van der Waals surface area contributed by atoms with Crippen LogP contribution >= 0.6 is 0 Å². The van der Waals surface area contributed by atoms with Crippen molar-refractivity contribution in [1.82, 2.24) is 0 Å². The van der Waals surface area contributed by atoms with Crippen LogP contribution in [0.15, 0.2) is 12.1 Å². The number of hydrogen-bond acceptors (Lipinski definition) is 3. The number of nitriles is 1. The first kappa shape index (κ1) is 17.3. The van der Waals surface area contributed by atoms with E-state index in [-0.39, 0.29) is 5.56 Å². The molecule has 1 aromatic rings. The van der Waals surface area contributed by atoms with E-state index >= 15 is 0 Å². The number of hydrogen-bond donors (Lipinski definition) is 0. The standard InChI is InChI=1S/C19H23F2NO2/c1-2-12-3-5-13(6-4-12)15-10-23-19(24-11-15)14-7-17(20)16(9-22)18(21)8-14/h7-8,12-13,15,19H,2-6,10-11H2,1H3/t12-,13-,15-,19-. The van der Waals surface area contributed by atoms with E-state index in [0.717, 1.165) is 18.1 Å². The van der Waals surface area contributed by atoms with Crippen LogP contribution in [0.4, 0.5) is 8.78 Å². The van der Waals surface area contributed by atoms with Crippen LogP contribution in [-0.2, 0) is 9.47 Å². The summed E-state index contributed by atoms with van der Waals surface area (Å²) in [6, 6.07) is 3.77. The van der Waals surface area contributed by atoms with E-state index in [2.05, 4.69) is 6.92 Å². The van der Waals surface area contributed by atoms with E-state index in [1.54, 1.807) is 0 Å². The zero-order chi connectivity index (χ0) is 17.1. The molecule has 130 valence electrons. The van der Waals surface area contributed by atoms with Crippen LogP contribution in [0.25, 0.3) is 0 Å². The van der Waals surface area contributed by atoms with E-state index in [1.807, 2.05) is 0 Å². The lowest BCUT2D eigenvalue weighted by molar-refractivity contribution is -0.215. The Labute approximate surface area is 141 Å². The summed E-state index contributed by atoms with van der Waals surface area (Å²) in [5.74, 6) is 0.0683. The molecule has 2 aliphatic rings. The Kier molecular flexibility index (Phi) is 5.47. The number of halogens is 2. The number of benzene rings is 1. The number of nitrogens with zero attached hydrogens (tertiary/aromatic N) is 1. The average molecular weight is 335 g/mol. The minimum atomic E-state index is -0.875. The highest BCUT2D eigenvalue weighted by Gasteiger charge is 2.32. The predicted octanol–water partition coefficient (Wildman–Crippen LogP) is 4.71. The molecule has 3 rings (SSSR count). The molecule has 1 aliphatic carbocycles. The second-order valence-corrected chi connectivity index (χ2v) is 6.92. The molecule has 1 saturated carbocycles. The maximum Gasteiger partial charge on any atom is 0.184 e. The molecule has 2 fully saturated rings. The van der Waals surface area contributed by atoms with Crippen LogP contribution in [0.1, 0.15) is 56.4 Å². The van der Waals surface area contributed by atoms with Crippen molar-refractivity contribution in [2.24, 2.45) is 17.8 Å². The molecule has 3 nitrogen and oxygen atoms in total. The van der Waals surface area contributed by atoms with Gasteiger partial charge in [0, 0.05) is 11.5 Å². The maximum atomic E-state index is 13.7. The van der Waals surface area contributed by atoms with Gasteiger partial charge < -0.3 is 9.47 Å². The summed E-state index contributed by atoms with van der Waals surface area (Å²) in [5.41, 5.74) is -0.280. The van der Waals surface area contributed by atoms with Gasteiger partial charge in [0.25, 0.3) is 0 Å². The van der Waals surface area contributed by atoms with E-state index in [0.29, 0.717) is 25.0 Å². The predicted molar refractivity (Wildman–Crippen MR) is 84.9 cm³/mol. The molecule has 0 spiro atoms. The van der Waals surface area contributed by atoms with Crippen molar-refractivity contribution in [3.8, 4) is 6.07 Å². The fraction of sp³-hybridized carbons (Fsp3) is 0.632. The molecule has 1 heterocycles. The van der Waals surface area contributed by atoms with Gasteiger partial charge in [-0.3, -0.25) is 0 Å². The van der Waals surface area contributed by atoms with Gasteiger partial charge in [0.15, 0.2) is 6.29 Å². The summed E-state index contributed by atoms with van der Waals surface area (Å²) in [4.78, 5) is 0. The lowest BCUT2D eigenvalue weighted by Crippen LogP contribution is -2.34. The molecule has 0 N–H and O–H groups in total. The molecular weight excluding hydrogens is 312 g/mol. The topological polar surface area (TPSA) is 42.2 Å². The zero-order valence-corrected chi connectivity index (χ0v) is 13.9. The minimum Gasteiger partial charge on any atom is -0.348 e. The maximum absolute atomic E-state index is 13.7. The Bertz CT molecular complexity index is 589. The third kappa shape index (κ3) is 3.60. The van der Waals surface area contributed by atoms with Crippen molar-refractivity contribution in [3.63, 3.8) is 0 Å². The minimum absolute atomic E-state index is 0.289. The third-order valence-electron chi connectivity index (χ3n) is 5.51. The highest BCUT2D eigenvalue weighted by molar-refractivity contribution is 5.35. The van der Waals surface area contributed by atoms with E-state index in [4.69, 9.17) is 14.7 Å². The first-order valence-corrected chi connectivity index (χ1v) is 8.74. The molecule has 5 heteroatoms. The van der Waals surface area contributed by atoms with E-state index < -0.39 is 23.5 Å². The SMILES string of the molecule is CC[C@H]1CC[C@H]([C@H]2CO[C@H](c3cc(F)c(C#N)c(F)c3)OC2)CC1. The first-order chi connectivity index (χ1) is 11.6. The molecule has 1 aromatic carbocycles. The molecule has 0 atom stereocenters. The van der Waals surface area contributed by atoms with Crippen LogP contribution in [-0.4, -0.2) is 13.2 Å². The lowest BCUT2D eigenvalue weighted by atomic mass is 9.75. The lowest BCUT2D eigenvalue weighted by Gasteiger charge is -2.37. The fourth-order valence-electron chi connectivity index (χ4n) is 3.89. The van der Waals surface area contributed by atoms with Crippen molar-refractivity contribution in [1.29, 1.82) is 5.26 Å². The number of rotatable bonds is 3. The van der Waals surface area contributed by atoms with Crippen molar-refractivity contribution < 1.29 is 18.3 Å². The van der Waals surface area contributed by atoms with Crippen LogP contribution in [0.3, 0.4) is 0 Å². The summed E-state index contributed by atoms with van der Waals surface area (Å²) < 4.78 is 38.9. The number of ether oxygens (including phenoxy) is 2. The molecule has 0 aromatic heterocycles. The van der Waals surface area contributed by atoms with Gasteiger partial charge in [0.1, 0.15) is 23.3 Å². The summed E-state index contributed by atoms with van der Waals surface area (Å²) in [6.07, 6.45) is 5.45. The molecule has 24 heavy (non-hydrogen) atoms. The first-order valence-electron chi connectivity index (χ1n) is 8.74. The monoisotopic (exact) mass is 335 g/mol. The van der Waals surface area contributed by atoms with Crippen molar-refractivity contribution in [2.75, 3.05) is 13.2 Å². The van der Waals surface area contributed by atoms with Crippen molar-refractivity contribution >= 4 is 0 Å².